The normalized spacial score (nSPS) is 11.5. The average molecular weight is 574 g/mol. The van der Waals surface area contributed by atoms with Crippen molar-refractivity contribution < 1.29 is 14.0 Å². The fraction of sp³-hybridized carbons (Fsp3) is 0.514. The number of halogens is 1. The zero-order valence-corrected chi connectivity index (χ0v) is 28.3. The minimum Gasteiger partial charge on any atom is -0.316 e. The highest BCUT2D eigenvalue weighted by atomic mass is 19.1. The Hall–Kier alpha value is -2.96. The number of carbonyl (C=O) groups is 2. The maximum Gasteiger partial charge on any atom is 0.150 e. The van der Waals surface area contributed by atoms with Gasteiger partial charge in [0.1, 0.15) is 18.4 Å². The van der Waals surface area contributed by atoms with E-state index in [1.807, 2.05) is 113 Å². The van der Waals surface area contributed by atoms with Gasteiger partial charge in [-0.05, 0) is 87.7 Å². The Labute approximate surface area is 251 Å². The van der Waals surface area contributed by atoms with Crippen LogP contribution in [0.1, 0.15) is 122 Å². The lowest BCUT2D eigenvalue weighted by Gasteiger charge is -2.17. The van der Waals surface area contributed by atoms with Crippen LogP contribution in [-0.2, 0) is 16.9 Å². The standard InChI is InChI=1S/C16H21FN2.C9H11NO.C2H4O.4C2H6/c1-4-5-15(11(2)18)12-8-13(10-14(17)9-12)16(19-3)6-7-16;1-10-6-8-4-2-3-5-9(8)7-11;1-2-3;4*1-2/h5,8-10,18-19H,4,6-7H2,1-3H3;2-5,7,10H,6H2,1H3;2H,1H3;4*1-2H3/b15-5+,18-11?;;;;;;. The van der Waals surface area contributed by atoms with E-state index in [4.69, 9.17) is 10.2 Å². The third kappa shape index (κ3) is 18.2. The molecule has 0 atom stereocenters. The first kappa shape index (κ1) is 45.0. The van der Waals surface area contributed by atoms with Gasteiger partial charge in [-0.3, -0.25) is 4.79 Å². The minimum absolute atomic E-state index is 0.0515. The highest BCUT2D eigenvalue weighted by Gasteiger charge is 2.43. The van der Waals surface area contributed by atoms with Crippen LogP contribution in [0.4, 0.5) is 4.39 Å². The molecule has 0 bridgehead atoms. The summed E-state index contributed by atoms with van der Waals surface area (Å²) in [6.45, 7) is 22.0. The molecule has 5 nitrogen and oxygen atoms in total. The monoisotopic (exact) mass is 573 g/mol. The van der Waals surface area contributed by atoms with Crippen LogP contribution in [0.5, 0.6) is 0 Å². The number of benzene rings is 2. The van der Waals surface area contributed by atoms with Crippen molar-refractivity contribution in [1.29, 1.82) is 5.41 Å². The second kappa shape index (κ2) is 30.0. The molecule has 41 heavy (non-hydrogen) atoms. The number of allylic oxidation sites excluding steroid dienone is 2. The Morgan fingerprint density at radius 3 is 1.85 bits per heavy atom. The van der Waals surface area contributed by atoms with E-state index in [1.165, 1.54) is 13.0 Å². The van der Waals surface area contributed by atoms with Crippen LogP contribution in [0.2, 0.25) is 0 Å². The van der Waals surface area contributed by atoms with Crippen molar-refractivity contribution in [2.75, 3.05) is 14.1 Å². The first-order chi connectivity index (χ1) is 19.8. The van der Waals surface area contributed by atoms with Gasteiger partial charge in [-0.2, -0.15) is 0 Å². The highest BCUT2D eigenvalue weighted by Crippen LogP contribution is 2.45. The lowest BCUT2D eigenvalue weighted by atomic mass is 9.95. The predicted molar refractivity (Wildman–Crippen MR) is 180 cm³/mol. The number of hydrogen-bond acceptors (Lipinski definition) is 5. The molecule has 0 radical (unpaired) electrons. The Morgan fingerprint density at radius 2 is 1.46 bits per heavy atom. The average Bonchev–Trinajstić information content (AvgIpc) is 3.82. The first-order valence-corrected chi connectivity index (χ1v) is 15.2. The van der Waals surface area contributed by atoms with E-state index >= 15 is 0 Å². The molecule has 0 aliphatic heterocycles. The molecule has 1 aliphatic carbocycles. The molecule has 0 saturated heterocycles. The number of aldehydes is 2. The number of nitrogens with one attached hydrogen (secondary N) is 3. The number of rotatable bonds is 8. The molecule has 2 aromatic carbocycles. The van der Waals surface area contributed by atoms with Crippen LogP contribution in [0, 0.1) is 11.2 Å². The zero-order chi connectivity index (χ0) is 32.9. The summed E-state index contributed by atoms with van der Waals surface area (Å²) < 4.78 is 13.9. The molecule has 3 N–H and O–H groups in total. The maximum atomic E-state index is 13.9. The van der Waals surface area contributed by atoms with Crippen LogP contribution in [0.3, 0.4) is 0 Å². The second-order valence-electron chi connectivity index (χ2n) is 7.79. The molecular weight excluding hydrogens is 513 g/mol. The summed E-state index contributed by atoms with van der Waals surface area (Å²) in [5, 5.41) is 14.1. The largest absolute Gasteiger partial charge is 0.316 e. The maximum absolute atomic E-state index is 13.9. The topological polar surface area (TPSA) is 82.1 Å². The second-order valence-corrected chi connectivity index (χ2v) is 7.79. The van der Waals surface area contributed by atoms with Crippen LogP contribution >= 0.6 is 0 Å². The number of hydrogen-bond donors (Lipinski definition) is 3. The van der Waals surface area contributed by atoms with Crippen LogP contribution in [-0.4, -0.2) is 32.4 Å². The van der Waals surface area contributed by atoms with Gasteiger partial charge >= 0.3 is 0 Å². The van der Waals surface area contributed by atoms with E-state index in [-0.39, 0.29) is 11.4 Å². The SMILES string of the molecule is CC.CC.CC.CC.CC/C=C(\C(C)=N)c1cc(F)cc(C2(NC)CC2)c1.CC=O.CNCc1ccccc1C=O. The molecule has 0 aromatic heterocycles. The van der Waals surface area contributed by atoms with Crippen molar-refractivity contribution in [3.8, 4) is 0 Å². The van der Waals surface area contributed by atoms with Crippen molar-refractivity contribution in [2.45, 2.75) is 108 Å². The van der Waals surface area contributed by atoms with Crippen molar-refractivity contribution in [3.63, 3.8) is 0 Å². The first-order valence-electron chi connectivity index (χ1n) is 15.2. The summed E-state index contributed by atoms with van der Waals surface area (Å²) in [7, 11) is 3.78. The van der Waals surface area contributed by atoms with E-state index in [9.17, 15) is 9.18 Å². The molecule has 0 unspecified atom stereocenters. The van der Waals surface area contributed by atoms with Gasteiger partial charge in [-0.1, -0.05) is 92.7 Å². The van der Waals surface area contributed by atoms with Gasteiger partial charge < -0.3 is 20.8 Å². The predicted octanol–water partition coefficient (Wildman–Crippen LogP) is 9.40. The fourth-order valence-corrected chi connectivity index (χ4v) is 3.52. The molecule has 1 fully saturated rings. The molecule has 1 aliphatic rings. The van der Waals surface area contributed by atoms with Crippen molar-refractivity contribution in [3.05, 3.63) is 76.6 Å². The summed E-state index contributed by atoms with van der Waals surface area (Å²) in [6.07, 6.45) is 6.55. The molecule has 2 aromatic rings. The molecule has 234 valence electrons. The highest BCUT2D eigenvalue weighted by molar-refractivity contribution is 6.21. The molecular formula is C35H60FN3O2. The van der Waals surface area contributed by atoms with Gasteiger partial charge in [-0.25, -0.2) is 4.39 Å². The fourth-order valence-electron chi connectivity index (χ4n) is 3.52. The van der Waals surface area contributed by atoms with Crippen LogP contribution in [0.25, 0.3) is 5.57 Å². The molecule has 0 heterocycles. The van der Waals surface area contributed by atoms with Crippen molar-refractivity contribution in [1.82, 2.24) is 10.6 Å². The van der Waals surface area contributed by atoms with Gasteiger partial charge in [0.15, 0.2) is 0 Å². The lowest BCUT2D eigenvalue weighted by Crippen LogP contribution is -2.24. The molecule has 6 heteroatoms. The molecule has 3 rings (SSSR count). The van der Waals surface area contributed by atoms with Gasteiger partial charge in [0.25, 0.3) is 0 Å². The Kier molecular flexibility index (Phi) is 33.0. The van der Waals surface area contributed by atoms with Crippen molar-refractivity contribution in [2.24, 2.45) is 0 Å². The van der Waals surface area contributed by atoms with E-state index in [2.05, 4.69) is 10.6 Å². The van der Waals surface area contributed by atoms with Gasteiger partial charge in [0.05, 0.1) is 0 Å². The number of carbonyl (C=O) groups excluding carboxylic acids is 2. The Balaban J connectivity index is -0.000000265. The summed E-state index contributed by atoms with van der Waals surface area (Å²) >= 11 is 0. The van der Waals surface area contributed by atoms with E-state index in [0.29, 0.717) is 5.71 Å². The van der Waals surface area contributed by atoms with Crippen molar-refractivity contribution >= 4 is 23.9 Å². The van der Waals surface area contributed by atoms with Gasteiger partial charge in [0, 0.05) is 23.4 Å². The summed E-state index contributed by atoms with van der Waals surface area (Å²) in [5.74, 6) is -0.225. The van der Waals surface area contributed by atoms with E-state index in [1.54, 1.807) is 13.0 Å². The van der Waals surface area contributed by atoms with Crippen LogP contribution < -0.4 is 10.6 Å². The van der Waals surface area contributed by atoms with Gasteiger partial charge in [-0.15, -0.1) is 0 Å². The minimum atomic E-state index is -0.225. The Bertz CT molecular complexity index is 968. The summed E-state index contributed by atoms with van der Waals surface area (Å²) in [6, 6.07) is 12.7. The quantitative estimate of drug-likeness (QED) is 0.217. The third-order valence-electron chi connectivity index (χ3n) is 5.35. The smallest absolute Gasteiger partial charge is 0.150 e. The lowest BCUT2D eigenvalue weighted by molar-refractivity contribution is -0.106. The molecule has 1 saturated carbocycles. The Morgan fingerprint density at radius 1 is 0.951 bits per heavy atom. The molecule has 0 amide bonds. The molecule has 0 spiro atoms. The van der Waals surface area contributed by atoms with E-state index in [0.717, 1.165) is 66.2 Å². The van der Waals surface area contributed by atoms with E-state index < -0.39 is 0 Å². The van der Waals surface area contributed by atoms with Gasteiger partial charge in [0.2, 0.25) is 0 Å². The van der Waals surface area contributed by atoms with Crippen LogP contribution in [0.15, 0.2) is 48.5 Å². The zero-order valence-electron chi connectivity index (χ0n) is 28.3. The summed E-state index contributed by atoms with van der Waals surface area (Å²) in [4.78, 5) is 19.3. The third-order valence-corrected chi connectivity index (χ3v) is 5.35. The summed E-state index contributed by atoms with van der Waals surface area (Å²) in [5.41, 5.74) is 4.87.